The SMILES string of the molecule is O=S(=O)(CC1CCCCC1)N1CC(n2cc(Cn3nccn3)nn2)C1. The standard InChI is InChI=1S/C15H23N7O2S/c23-25(24,12-13-4-2-1-3-5-13)20-10-15(11-20)21-8-14(18-19-21)9-22-16-6-7-17-22/h6-8,13,15H,1-5,9-12H2. The highest BCUT2D eigenvalue weighted by atomic mass is 32.2. The fourth-order valence-electron chi connectivity index (χ4n) is 3.60. The van der Waals surface area contributed by atoms with E-state index < -0.39 is 10.0 Å². The number of hydrogen-bond donors (Lipinski definition) is 0. The summed E-state index contributed by atoms with van der Waals surface area (Å²) < 4.78 is 28.4. The molecule has 4 rings (SSSR count). The highest BCUT2D eigenvalue weighted by Gasteiger charge is 2.38. The zero-order valence-electron chi connectivity index (χ0n) is 14.1. The van der Waals surface area contributed by atoms with Crippen LogP contribution in [-0.4, -0.2) is 61.6 Å². The third-order valence-corrected chi connectivity index (χ3v) is 7.07. The molecule has 9 nitrogen and oxygen atoms in total. The van der Waals surface area contributed by atoms with Crippen LogP contribution >= 0.6 is 0 Å². The minimum atomic E-state index is -3.15. The van der Waals surface area contributed by atoms with Crippen LogP contribution in [0.3, 0.4) is 0 Å². The molecular formula is C15H23N7O2S. The summed E-state index contributed by atoms with van der Waals surface area (Å²) >= 11 is 0. The first-order valence-electron chi connectivity index (χ1n) is 8.83. The van der Waals surface area contributed by atoms with Crippen LogP contribution in [0.15, 0.2) is 18.6 Å². The molecule has 0 aromatic carbocycles. The van der Waals surface area contributed by atoms with Gasteiger partial charge in [0.2, 0.25) is 10.0 Å². The number of nitrogens with zero attached hydrogens (tertiary/aromatic N) is 7. The first-order chi connectivity index (χ1) is 12.1. The predicted molar refractivity (Wildman–Crippen MR) is 90.1 cm³/mol. The monoisotopic (exact) mass is 365 g/mol. The molecule has 2 aromatic heterocycles. The average molecular weight is 365 g/mol. The average Bonchev–Trinajstić information content (AvgIpc) is 3.19. The first kappa shape index (κ1) is 16.6. The van der Waals surface area contributed by atoms with Crippen LogP contribution in [0.5, 0.6) is 0 Å². The number of aromatic nitrogens is 6. The lowest BCUT2D eigenvalue weighted by atomic mass is 9.91. The van der Waals surface area contributed by atoms with Gasteiger partial charge in [-0.15, -0.1) is 5.10 Å². The molecule has 1 saturated carbocycles. The van der Waals surface area contributed by atoms with E-state index in [1.165, 1.54) is 11.2 Å². The highest BCUT2D eigenvalue weighted by Crippen LogP contribution is 2.29. The molecule has 1 aliphatic heterocycles. The lowest BCUT2D eigenvalue weighted by Gasteiger charge is -2.38. The second-order valence-electron chi connectivity index (χ2n) is 7.00. The summed E-state index contributed by atoms with van der Waals surface area (Å²) in [4.78, 5) is 1.54. The molecule has 0 radical (unpaired) electrons. The topological polar surface area (TPSA) is 98.8 Å². The van der Waals surface area contributed by atoms with Crippen molar-refractivity contribution >= 4 is 10.0 Å². The van der Waals surface area contributed by atoms with Crippen molar-refractivity contribution in [3.63, 3.8) is 0 Å². The van der Waals surface area contributed by atoms with E-state index in [1.54, 1.807) is 21.4 Å². The molecule has 0 spiro atoms. The van der Waals surface area contributed by atoms with E-state index in [1.807, 2.05) is 6.20 Å². The van der Waals surface area contributed by atoms with Crippen molar-refractivity contribution in [3.05, 3.63) is 24.3 Å². The zero-order valence-corrected chi connectivity index (χ0v) is 14.9. The van der Waals surface area contributed by atoms with Crippen molar-refractivity contribution in [2.24, 2.45) is 5.92 Å². The fraction of sp³-hybridized carbons (Fsp3) is 0.733. The summed E-state index contributed by atoms with van der Waals surface area (Å²) in [7, 11) is -3.15. The Morgan fingerprint density at radius 1 is 1.08 bits per heavy atom. The van der Waals surface area contributed by atoms with Crippen LogP contribution in [0.25, 0.3) is 0 Å². The quantitative estimate of drug-likeness (QED) is 0.747. The van der Waals surface area contributed by atoms with Crippen LogP contribution in [0.2, 0.25) is 0 Å². The molecule has 1 aliphatic carbocycles. The highest BCUT2D eigenvalue weighted by molar-refractivity contribution is 7.89. The minimum absolute atomic E-state index is 0.0629. The van der Waals surface area contributed by atoms with Gasteiger partial charge < -0.3 is 0 Å². The second-order valence-corrected chi connectivity index (χ2v) is 9.02. The molecular weight excluding hydrogens is 342 g/mol. The molecule has 25 heavy (non-hydrogen) atoms. The van der Waals surface area contributed by atoms with E-state index in [4.69, 9.17) is 0 Å². The molecule has 0 unspecified atom stereocenters. The molecule has 2 fully saturated rings. The van der Waals surface area contributed by atoms with Gasteiger partial charge in [0, 0.05) is 13.1 Å². The molecule has 136 valence electrons. The minimum Gasteiger partial charge on any atom is -0.246 e. The van der Waals surface area contributed by atoms with E-state index in [2.05, 4.69) is 20.5 Å². The van der Waals surface area contributed by atoms with Crippen molar-refractivity contribution in [1.29, 1.82) is 0 Å². The van der Waals surface area contributed by atoms with E-state index >= 15 is 0 Å². The van der Waals surface area contributed by atoms with Gasteiger partial charge in [-0.25, -0.2) is 13.1 Å². The van der Waals surface area contributed by atoms with Crippen molar-refractivity contribution in [2.75, 3.05) is 18.8 Å². The maximum absolute atomic E-state index is 12.5. The molecule has 10 heteroatoms. The van der Waals surface area contributed by atoms with Gasteiger partial charge in [0.15, 0.2) is 0 Å². The van der Waals surface area contributed by atoms with Crippen molar-refractivity contribution in [1.82, 2.24) is 34.3 Å². The third-order valence-electron chi connectivity index (χ3n) is 5.10. The van der Waals surface area contributed by atoms with Gasteiger partial charge in [0.05, 0.1) is 30.4 Å². The summed E-state index contributed by atoms with van der Waals surface area (Å²) in [5.41, 5.74) is 0.764. The van der Waals surface area contributed by atoms with Gasteiger partial charge in [-0.05, 0) is 18.8 Å². The van der Waals surface area contributed by atoms with Crippen LogP contribution in [0, 0.1) is 5.92 Å². The smallest absolute Gasteiger partial charge is 0.214 e. The van der Waals surface area contributed by atoms with Crippen LogP contribution in [-0.2, 0) is 16.6 Å². The van der Waals surface area contributed by atoms with Gasteiger partial charge in [-0.3, -0.25) is 0 Å². The van der Waals surface area contributed by atoms with Crippen LogP contribution < -0.4 is 0 Å². The second kappa shape index (κ2) is 6.83. The van der Waals surface area contributed by atoms with E-state index in [9.17, 15) is 8.42 Å². The van der Waals surface area contributed by atoms with E-state index in [-0.39, 0.29) is 6.04 Å². The summed E-state index contributed by atoms with van der Waals surface area (Å²) in [6, 6.07) is 0.0629. The van der Waals surface area contributed by atoms with Crippen molar-refractivity contribution in [3.8, 4) is 0 Å². The van der Waals surface area contributed by atoms with E-state index in [0.29, 0.717) is 31.3 Å². The zero-order chi connectivity index (χ0) is 17.3. The summed E-state index contributed by atoms with van der Waals surface area (Å²) in [5.74, 6) is 0.630. The van der Waals surface area contributed by atoms with Crippen LogP contribution in [0.4, 0.5) is 0 Å². The van der Waals surface area contributed by atoms with Crippen molar-refractivity contribution in [2.45, 2.75) is 44.7 Å². The Morgan fingerprint density at radius 2 is 1.80 bits per heavy atom. The van der Waals surface area contributed by atoms with Crippen LogP contribution in [0.1, 0.15) is 43.8 Å². The lowest BCUT2D eigenvalue weighted by Crippen LogP contribution is -2.52. The largest absolute Gasteiger partial charge is 0.246 e. The fourth-order valence-corrected chi connectivity index (χ4v) is 5.54. The van der Waals surface area contributed by atoms with Gasteiger partial charge >= 0.3 is 0 Å². The Hall–Kier alpha value is -1.81. The predicted octanol–water partition coefficient (Wildman–Crippen LogP) is 0.685. The Morgan fingerprint density at radius 3 is 2.52 bits per heavy atom. The molecule has 0 bridgehead atoms. The number of sulfonamides is 1. The summed E-state index contributed by atoms with van der Waals surface area (Å²) in [6.07, 6.45) is 10.7. The summed E-state index contributed by atoms with van der Waals surface area (Å²) in [6.45, 7) is 1.43. The maximum Gasteiger partial charge on any atom is 0.214 e. The van der Waals surface area contributed by atoms with E-state index in [0.717, 1.165) is 31.4 Å². The number of hydrogen-bond acceptors (Lipinski definition) is 6. The molecule has 2 aromatic rings. The third kappa shape index (κ3) is 3.74. The van der Waals surface area contributed by atoms with Gasteiger partial charge in [0.25, 0.3) is 0 Å². The molecule has 0 amide bonds. The maximum atomic E-state index is 12.5. The Bertz CT molecular complexity index is 790. The molecule has 1 saturated heterocycles. The molecule has 2 aliphatic rings. The first-order valence-corrected chi connectivity index (χ1v) is 10.4. The molecule has 3 heterocycles. The normalized spacial score (nSPS) is 20.6. The number of rotatable bonds is 6. The van der Waals surface area contributed by atoms with Gasteiger partial charge in [-0.2, -0.15) is 19.3 Å². The summed E-state index contributed by atoms with van der Waals surface area (Å²) in [5, 5.41) is 16.3. The van der Waals surface area contributed by atoms with Gasteiger partial charge in [0.1, 0.15) is 12.2 Å². The Labute approximate surface area is 147 Å². The molecule has 0 N–H and O–H groups in total. The lowest BCUT2D eigenvalue weighted by molar-refractivity contribution is 0.187. The Kier molecular flexibility index (Phi) is 4.55. The molecule has 0 atom stereocenters. The van der Waals surface area contributed by atoms with Gasteiger partial charge in [-0.1, -0.05) is 24.5 Å². The van der Waals surface area contributed by atoms with Crippen molar-refractivity contribution < 1.29 is 8.42 Å². The Balaban J connectivity index is 1.31.